The molecule has 0 bridgehead atoms. The molecule has 0 saturated carbocycles. The van der Waals surface area contributed by atoms with Gasteiger partial charge < -0.3 is 10.2 Å². The molecule has 4 heteroatoms. The summed E-state index contributed by atoms with van der Waals surface area (Å²) in [6.07, 6.45) is 0.507. The molecule has 0 heterocycles. The highest BCUT2D eigenvalue weighted by Gasteiger charge is 2.31. The maximum atomic E-state index is 12.4. The zero-order valence-electron chi connectivity index (χ0n) is 13.6. The highest BCUT2D eigenvalue weighted by atomic mass is 16.3. The molecule has 0 aliphatic carbocycles. The van der Waals surface area contributed by atoms with Crippen LogP contribution in [-0.4, -0.2) is 53.7 Å². The molecule has 0 unspecified atom stereocenters. The average molecular weight is 313 g/mol. The van der Waals surface area contributed by atoms with Crippen LogP contribution in [0.3, 0.4) is 0 Å². The minimum Gasteiger partial charge on any atom is -0.394 e. The van der Waals surface area contributed by atoms with Crippen molar-refractivity contribution in [2.24, 2.45) is 0 Å². The Kier molecular flexibility index (Phi) is 5.66. The summed E-state index contributed by atoms with van der Waals surface area (Å²) < 4.78 is 0. The molecule has 0 fully saturated rings. The van der Waals surface area contributed by atoms with Crippen LogP contribution in [0.5, 0.6) is 0 Å². The topological polar surface area (TPSA) is 60.8 Å². The summed E-state index contributed by atoms with van der Waals surface area (Å²) in [7, 11) is 3.67. The number of hydrogen-bond acceptors (Lipinski definition) is 4. The van der Waals surface area contributed by atoms with E-state index in [1.54, 1.807) is 24.3 Å². The Morgan fingerprint density at radius 2 is 1.43 bits per heavy atom. The number of rotatable bonds is 7. The van der Waals surface area contributed by atoms with E-state index in [1.807, 2.05) is 49.3 Å². The molecule has 2 aromatic carbocycles. The molecular weight excluding hydrogens is 290 g/mol. The van der Waals surface area contributed by atoms with Gasteiger partial charge in [0.05, 0.1) is 18.8 Å². The van der Waals surface area contributed by atoms with Crippen LogP contribution in [0.25, 0.3) is 0 Å². The van der Waals surface area contributed by atoms with Crippen molar-refractivity contribution in [2.75, 3.05) is 27.3 Å². The largest absolute Gasteiger partial charge is 0.394 e. The fourth-order valence-electron chi connectivity index (χ4n) is 2.51. The molecule has 0 saturated heterocycles. The molecule has 122 valence electrons. The maximum absolute atomic E-state index is 12.4. The van der Waals surface area contributed by atoms with Crippen molar-refractivity contribution in [3.8, 4) is 0 Å². The number of carbonyl (C=O) groups excluding carboxylic acids is 1. The van der Waals surface area contributed by atoms with Gasteiger partial charge in [-0.15, -0.1) is 0 Å². The molecule has 0 spiro atoms. The standard InChI is InChI=1S/C19H23NO3/c1-20(2)19(13-21,14-22)12-15-8-10-17(11-9-15)18(23)16-6-4-3-5-7-16/h3-11,21-22H,12-14H2,1-2H3. The molecule has 0 radical (unpaired) electrons. The van der Waals surface area contributed by atoms with Gasteiger partial charge in [0.1, 0.15) is 0 Å². The first-order chi connectivity index (χ1) is 11.0. The maximum Gasteiger partial charge on any atom is 0.193 e. The average Bonchev–Trinajstić information content (AvgIpc) is 2.60. The lowest BCUT2D eigenvalue weighted by Crippen LogP contribution is -2.52. The van der Waals surface area contributed by atoms with E-state index in [2.05, 4.69) is 0 Å². The molecule has 2 rings (SSSR count). The molecular formula is C19H23NO3. The number of carbonyl (C=O) groups is 1. The van der Waals surface area contributed by atoms with Gasteiger partial charge in [-0.05, 0) is 26.1 Å². The Labute approximate surface area is 137 Å². The first-order valence-electron chi connectivity index (χ1n) is 7.60. The van der Waals surface area contributed by atoms with Gasteiger partial charge in [-0.3, -0.25) is 9.69 Å². The number of benzene rings is 2. The van der Waals surface area contributed by atoms with Gasteiger partial charge in [-0.2, -0.15) is 0 Å². The number of hydrogen-bond donors (Lipinski definition) is 2. The zero-order chi connectivity index (χ0) is 16.9. The summed E-state index contributed by atoms with van der Waals surface area (Å²) in [5.41, 5.74) is 1.55. The van der Waals surface area contributed by atoms with Crippen molar-refractivity contribution in [3.05, 3.63) is 71.3 Å². The fraction of sp³-hybridized carbons (Fsp3) is 0.316. The molecule has 0 aliphatic rings. The molecule has 0 amide bonds. The van der Waals surface area contributed by atoms with Crippen LogP contribution in [0.2, 0.25) is 0 Å². The molecule has 4 nitrogen and oxygen atoms in total. The third-order valence-electron chi connectivity index (χ3n) is 4.32. The van der Waals surface area contributed by atoms with Crippen molar-refractivity contribution >= 4 is 5.78 Å². The van der Waals surface area contributed by atoms with Crippen LogP contribution in [0.15, 0.2) is 54.6 Å². The van der Waals surface area contributed by atoms with Gasteiger partial charge in [0.2, 0.25) is 0 Å². The van der Waals surface area contributed by atoms with E-state index in [0.29, 0.717) is 17.5 Å². The van der Waals surface area contributed by atoms with Gasteiger partial charge >= 0.3 is 0 Å². The summed E-state index contributed by atoms with van der Waals surface area (Å²) in [5, 5.41) is 19.3. The van der Waals surface area contributed by atoms with E-state index in [1.165, 1.54) is 0 Å². The number of nitrogens with zero attached hydrogens (tertiary/aromatic N) is 1. The second-order valence-electron chi connectivity index (χ2n) is 6.00. The van der Waals surface area contributed by atoms with Gasteiger partial charge in [0, 0.05) is 11.1 Å². The van der Waals surface area contributed by atoms with E-state index >= 15 is 0 Å². The van der Waals surface area contributed by atoms with Gasteiger partial charge in [0.25, 0.3) is 0 Å². The fourth-order valence-corrected chi connectivity index (χ4v) is 2.51. The Hall–Kier alpha value is -2.01. The molecule has 0 aromatic heterocycles. The summed E-state index contributed by atoms with van der Waals surface area (Å²) in [5.74, 6) is -0.0136. The smallest absolute Gasteiger partial charge is 0.193 e. The Bertz CT molecular complexity index is 631. The second kappa shape index (κ2) is 7.51. The van der Waals surface area contributed by atoms with E-state index in [9.17, 15) is 15.0 Å². The number of aliphatic hydroxyl groups excluding tert-OH is 2. The summed E-state index contributed by atoms with van der Waals surface area (Å²) in [4.78, 5) is 14.2. The van der Waals surface area contributed by atoms with Crippen LogP contribution >= 0.6 is 0 Å². The lowest BCUT2D eigenvalue weighted by Gasteiger charge is -2.36. The normalized spacial score (nSPS) is 11.7. The lowest BCUT2D eigenvalue weighted by atomic mass is 9.90. The number of likely N-dealkylation sites (N-methyl/N-ethyl adjacent to an activating group) is 1. The Morgan fingerprint density at radius 1 is 0.913 bits per heavy atom. The van der Waals surface area contributed by atoms with Gasteiger partial charge in [-0.25, -0.2) is 0 Å². The van der Waals surface area contributed by atoms with Crippen molar-refractivity contribution < 1.29 is 15.0 Å². The number of ketones is 1. The van der Waals surface area contributed by atoms with Crippen molar-refractivity contribution in [1.82, 2.24) is 4.90 Å². The molecule has 0 atom stereocenters. The van der Waals surface area contributed by atoms with Crippen molar-refractivity contribution in [1.29, 1.82) is 0 Å². The summed E-state index contributed by atoms with van der Waals surface area (Å²) in [6, 6.07) is 16.5. The van der Waals surface area contributed by atoms with Crippen LogP contribution in [0.1, 0.15) is 21.5 Å². The van der Waals surface area contributed by atoms with E-state index in [4.69, 9.17) is 0 Å². The van der Waals surface area contributed by atoms with E-state index in [-0.39, 0.29) is 19.0 Å². The molecule has 2 aromatic rings. The van der Waals surface area contributed by atoms with Gasteiger partial charge in [0.15, 0.2) is 5.78 Å². The van der Waals surface area contributed by atoms with Crippen LogP contribution in [0, 0.1) is 0 Å². The quantitative estimate of drug-likeness (QED) is 0.765. The SMILES string of the molecule is CN(C)C(CO)(CO)Cc1ccc(C(=O)c2ccccc2)cc1. The van der Waals surface area contributed by atoms with Crippen molar-refractivity contribution in [2.45, 2.75) is 12.0 Å². The van der Waals surface area contributed by atoms with Crippen LogP contribution in [0.4, 0.5) is 0 Å². The first kappa shape index (κ1) is 17.3. The second-order valence-corrected chi connectivity index (χ2v) is 6.00. The van der Waals surface area contributed by atoms with Crippen LogP contribution < -0.4 is 0 Å². The highest BCUT2D eigenvalue weighted by Crippen LogP contribution is 2.19. The minimum absolute atomic E-state index is 0.0136. The third kappa shape index (κ3) is 3.85. The monoisotopic (exact) mass is 313 g/mol. The van der Waals surface area contributed by atoms with E-state index < -0.39 is 5.54 Å². The minimum atomic E-state index is -0.703. The number of aliphatic hydroxyl groups is 2. The third-order valence-corrected chi connectivity index (χ3v) is 4.32. The first-order valence-corrected chi connectivity index (χ1v) is 7.60. The predicted octanol–water partition coefficient (Wildman–Crippen LogP) is 1.75. The molecule has 23 heavy (non-hydrogen) atoms. The lowest BCUT2D eigenvalue weighted by molar-refractivity contribution is 0.0169. The van der Waals surface area contributed by atoms with E-state index in [0.717, 1.165) is 5.56 Å². The Morgan fingerprint density at radius 3 is 1.91 bits per heavy atom. The molecule has 0 aliphatic heterocycles. The molecule has 2 N–H and O–H groups in total. The zero-order valence-corrected chi connectivity index (χ0v) is 13.6. The predicted molar refractivity (Wildman–Crippen MR) is 90.6 cm³/mol. The highest BCUT2D eigenvalue weighted by molar-refractivity contribution is 6.08. The van der Waals surface area contributed by atoms with Crippen molar-refractivity contribution in [3.63, 3.8) is 0 Å². The van der Waals surface area contributed by atoms with Gasteiger partial charge in [-0.1, -0.05) is 54.6 Å². The summed E-state index contributed by atoms with van der Waals surface area (Å²) in [6.45, 7) is -0.275. The Balaban J connectivity index is 2.18. The van der Waals surface area contributed by atoms with Crippen LogP contribution in [-0.2, 0) is 6.42 Å². The summed E-state index contributed by atoms with van der Waals surface area (Å²) >= 11 is 0.